The average Bonchev–Trinajstić information content (AvgIpc) is 3.10. The van der Waals surface area contributed by atoms with E-state index in [-0.39, 0.29) is 10.4 Å². The number of halogens is 1. The molecule has 1 fully saturated rings. The molecule has 1 aliphatic rings. The lowest BCUT2D eigenvalue weighted by molar-refractivity contribution is 0.00578. The summed E-state index contributed by atoms with van der Waals surface area (Å²) < 4.78 is 53.7. The molecule has 0 saturated carbocycles. The van der Waals surface area contributed by atoms with Crippen LogP contribution in [0.2, 0.25) is 0 Å². The molecule has 0 bridgehead atoms. The van der Waals surface area contributed by atoms with E-state index in [1.165, 1.54) is 30.5 Å². The zero-order chi connectivity index (χ0) is 20.3. The quantitative estimate of drug-likeness (QED) is 0.632. The highest BCUT2D eigenvalue weighted by Gasteiger charge is 2.52. The van der Waals surface area contributed by atoms with Crippen LogP contribution in [-0.4, -0.2) is 30.7 Å². The third-order valence-electron chi connectivity index (χ3n) is 5.57. The van der Waals surface area contributed by atoms with Crippen molar-refractivity contribution in [2.45, 2.75) is 43.8 Å². The van der Waals surface area contributed by atoms with Crippen LogP contribution in [0.15, 0.2) is 59.6 Å². The summed E-state index contributed by atoms with van der Waals surface area (Å²) in [5.74, 6) is -0.518. The molecular weight excluding hydrogens is 380 g/mol. The lowest BCUT2D eigenvalue weighted by Crippen LogP contribution is -2.41. The maximum absolute atomic E-state index is 14.0. The van der Waals surface area contributed by atoms with Crippen molar-refractivity contribution in [3.63, 3.8) is 0 Å². The highest BCUT2D eigenvalue weighted by atomic mass is 32.2. The molecule has 1 saturated heterocycles. The van der Waals surface area contributed by atoms with E-state index in [4.69, 9.17) is 9.31 Å². The molecule has 0 spiro atoms. The van der Waals surface area contributed by atoms with E-state index in [0.717, 1.165) is 3.97 Å². The number of benzene rings is 2. The van der Waals surface area contributed by atoms with E-state index < -0.39 is 34.2 Å². The summed E-state index contributed by atoms with van der Waals surface area (Å²) in [6, 6.07) is 12.1. The van der Waals surface area contributed by atoms with Crippen LogP contribution in [0.1, 0.15) is 27.7 Å². The van der Waals surface area contributed by atoms with Gasteiger partial charge < -0.3 is 9.31 Å². The minimum Gasteiger partial charge on any atom is -0.399 e. The van der Waals surface area contributed by atoms with Gasteiger partial charge in [-0.05, 0) is 52.0 Å². The molecule has 1 aliphatic heterocycles. The Morgan fingerprint density at radius 1 is 0.964 bits per heavy atom. The van der Waals surface area contributed by atoms with E-state index >= 15 is 0 Å². The molecule has 2 heterocycles. The summed E-state index contributed by atoms with van der Waals surface area (Å²) in [6.45, 7) is 7.69. The van der Waals surface area contributed by atoms with Crippen molar-refractivity contribution in [2.75, 3.05) is 0 Å². The molecular formula is C20H21BFNO4S. The molecule has 0 amide bonds. The summed E-state index contributed by atoms with van der Waals surface area (Å²) in [6.07, 6.45) is 1.47. The maximum atomic E-state index is 14.0. The number of aromatic nitrogens is 1. The summed E-state index contributed by atoms with van der Waals surface area (Å²) >= 11 is 0. The van der Waals surface area contributed by atoms with Crippen molar-refractivity contribution in [3.8, 4) is 0 Å². The van der Waals surface area contributed by atoms with Gasteiger partial charge in [-0.1, -0.05) is 24.3 Å². The molecule has 1 aromatic heterocycles. The predicted molar refractivity (Wildman–Crippen MR) is 107 cm³/mol. The fourth-order valence-corrected chi connectivity index (χ4v) is 4.65. The monoisotopic (exact) mass is 401 g/mol. The first-order chi connectivity index (χ1) is 13.0. The normalized spacial score (nSPS) is 18.7. The number of fused-ring (bicyclic) bond motifs is 1. The maximum Gasteiger partial charge on any atom is 0.497 e. The van der Waals surface area contributed by atoms with Gasteiger partial charge >= 0.3 is 7.12 Å². The van der Waals surface area contributed by atoms with Gasteiger partial charge in [0, 0.05) is 17.0 Å². The smallest absolute Gasteiger partial charge is 0.399 e. The average molecular weight is 401 g/mol. The van der Waals surface area contributed by atoms with E-state index in [0.29, 0.717) is 10.8 Å². The lowest BCUT2D eigenvalue weighted by atomic mass is 9.79. The van der Waals surface area contributed by atoms with Crippen LogP contribution in [0.25, 0.3) is 10.9 Å². The fourth-order valence-electron chi connectivity index (χ4n) is 3.26. The Bertz CT molecular complexity index is 1140. The van der Waals surface area contributed by atoms with Gasteiger partial charge in [-0.25, -0.2) is 16.8 Å². The molecule has 5 nitrogen and oxygen atoms in total. The summed E-state index contributed by atoms with van der Waals surface area (Å²) in [5, 5.41) is 0.569. The number of hydrogen-bond acceptors (Lipinski definition) is 4. The Balaban J connectivity index is 1.92. The number of hydrogen-bond donors (Lipinski definition) is 0. The van der Waals surface area contributed by atoms with Gasteiger partial charge in [0.05, 0.1) is 21.6 Å². The third-order valence-corrected chi connectivity index (χ3v) is 7.26. The van der Waals surface area contributed by atoms with E-state index in [9.17, 15) is 12.8 Å². The molecule has 4 rings (SSSR count). The minimum atomic E-state index is -3.91. The fraction of sp³-hybridized carbons (Fsp3) is 0.300. The van der Waals surface area contributed by atoms with Crippen LogP contribution < -0.4 is 5.46 Å². The van der Waals surface area contributed by atoms with Crippen molar-refractivity contribution >= 4 is 33.5 Å². The summed E-state index contributed by atoms with van der Waals surface area (Å²) in [7, 11) is -4.67. The molecule has 0 atom stereocenters. The third kappa shape index (κ3) is 2.87. The molecule has 2 aromatic carbocycles. The standard InChI is InChI=1S/C20H21BFNO4S/c1-19(2)20(3,4)27-21(26-19)17-13-23(18-12-14(22)10-11-16(17)18)28(24,25)15-8-6-5-7-9-15/h5-13H,1-4H3. The number of nitrogens with zero attached hydrogens (tertiary/aromatic N) is 1. The van der Waals surface area contributed by atoms with Gasteiger partial charge in [-0.3, -0.25) is 0 Å². The van der Waals surface area contributed by atoms with E-state index in [2.05, 4.69) is 0 Å². The van der Waals surface area contributed by atoms with Gasteiger partial charge in [0.25, 0.3) is 10.0 Å². The van der Waals surface area contributed by atoms with Gasteiger partial charge in [0.15, 0.2) is 0 Å². The molecule has 8 heteroatoms. The summed E-state index contributed by atoms with van der Waals surface area (Å²) in [5.41, 5.74) is -0.365. The zero-order valence-corrected chi connectivity index (χ0v) is 17.0. The van der Waals surface area contributed by atoms with Crippen molar-refractivity contribution in [3.05, 3.63) is 60.5 Å². The largest absolute Gasteiger partial charge is 0.497 e. The topological polar surface area (TPSA) is 57.5 Å². The van der Waals surface area contributed by atoms with Crippen LogP contribution in [0.4, 0.5) is 4.39 Å². The van der Waals surface area contributed by atoms with E-state index in [1.807, 2.05) is 27.7 Å². The van der Waals surface area contributed by atoms with Crippen LogP contribution in [0.5, 0.6) is 0 Å². The molecule has 0 radical (unpaired) electrons. The highest BCUT2D eigenvalue weighted by Crippen LogP contribution is 2.37. The number of rotatable bonds is 3. The first kappa shape index (κ1) is 19.2. The van der Waals surface area contributed by atoms with Gasteiger partial charge in [-0.15, -0.1) is 0 Å². The Labute approximate surface area is 164 Å². The van der Waals surface area contributed by atoms with Crippen LogP contribution in [0, 0.1) is 5.82 Å². The molecule has 0 N–H and O–H groups in total. The van der Waals surface area contributed by atoms with Gasteiger partial charge in [0.2, 0.25) is 0 Å². The predicted octanol–water partition coefficient (Wildman–Crippen LogP) is 3.32. The van der Waals surface area contributed by atoms with E-state index in [1.54, 1.807) is 24.3 Å². The second kappa shape index (κ2) is 6.17. The molecule has 3 aromatic rings. The van der Waals surface area contributed by atoms with Crippen molar-refractivity contribution in [1.29, 1.82) is 0 Å². The molecule has 0 aliphatic carbocycles. The molecule has 28 heavy (non-hydrogen) atoms. The van der Waals surface area contributed by atoms with Crippen LogP contribution in [-0.2, 0) is 19.3 Å². The first-order valence-corrected chi connectivity index (χ1v) is 10.4. The van der Waals surface area contributed by atoms with Crippen molar-refractivity contribution in [2.24, 2.45) is 0 Å². The Hall–Kier alpha value is -2.16. The molecule has 0 unspecified atom stereocenters. The highest BCUT2D eigenvalue weighted by molar-refractivity contribution is 7.90. The SMILES string of the molecule is CC1(C)OB(c2cn(S(=O)(=O)c3ccccc3)c3cc(F)ccc23)OC1(C)C. The van der Waals surface area contributed by atoms with Crippen molar-refractivity contribution in [1.82, 2.24) is 3.97 Å². The minimum absolute atomic E-state index is 0.122. The summed E-state index contributed by atoms with van der Waals surface area (Å²) in [4.78, 5) is 0.122. The Morgan fingerprint density at radius 2 is 1.57 bits per heavy atom. The zero-order valence-electron chi connectivity index (χ0n) is 16.1. The van der Waals surface area contributed by atoms with Crippen molar-refractivity contribution < 1.29 is 22.1 Å². The van der Waals surface area contributed by atoms with Gasteiger partial charge in [-0.2, -0.15) is 0 Å². The Kier molecular flexibility index (Phi) is 4.23. The van der Waals surface area contributed by atoms with Gasteiger partial charge in [0.1, 0.15) is 5.82 Å². The lowest BCUT2D eigenvalue weighted by Gasteiger charge is -2.32. The van der Waals surface area contributed by atoms with Crippen LogP contribution >= 0.6 is 0 Å². The van der Waals surface area contributed by atoms with Crippen LogP contribution in [0.3, 0.4) is 0 Å². The molecule has 146 valence electrons. The second-order valence-corrected chi connectivity index (χ2v) is 9.76. The second-order valence-electron chi connectivity index (χ2n) is 7.95. The Morgan fingerprint density at radius 3 is 2.18 bits per heavy atom. The first-order valence-electron chi connectivity index (χ1n) is 9.00.